The fourth-order valence-corrected chi connectivity index (χ4v) is 5.50. The Balaban J connectivity index is 1.51. The largest absolute Gasteiger partial charge is 0.490 e. The van der Waals surface area contributed by atoms with Gasteiger partial charge in [0, 0.05) is 31.9 Å². The van der Waals surface area contributed by atoms with Crippen molar-refractivity contribution in [1.82, 2.24) is 24.1 Å². The number of hydrogen-bond acceptors (Lipinski definition) is 8. The second-order valence-corrected chi connectivity index (χ2v) is 12.3. The number of alkyl halides is 3. The van der Waals surface area contributed by atoms with Crippen molar-refractivity contribution in [3.63, 3.8) is 0 Å². The Labute approximate surface area is 263 Å². The van der Waals surface area contributed by atoms with Gasteiger partial charge < -0.3 is 29.2 Å². The summed E-state index contributed by atoms with van der Waals surface area (Å²) < 4.78 is 53.6. The van der Waals surface area contributed by atoms with Gasteiger partial charge in [0.1, 0.15) is 17.8 Å². The molecule has 248 valence electrons. The van der Waals surface area contributed by atoms with Gasteiger partial charge in [-0.1, -0.05) is 6.92 Å². The van der Waals surface area contributed by atoms with Crippen molar-refractivity contribution >= 4 is 34.9 Å². The minimum absolute atomic E-state index is 0.127. The summed E-state index contributed by atoms with van der Waals surface area (Å²) in [5.74, 6) is 0.249. The molecule has 0 aliphatic carbocycles. The van der Waals surface area contributed by atoms with Gasteiger partial charge >= 0.3 is 12.3 Å². The van der Waals surface area contributed by atoms with Crippen molar-refractivity contribution in [3.05, 3.63) is 57.3 Å². The molecule has 1 fully saturated rings. The third kappa shape index (κ3) is 6.97. The standard InChI is InChI=1S/C31H38F3N7O5/c1-6-22-25(38-12-14-39(15-13-38)29(44)46-30(3,4)5)27(43)41-28(36-26(37-41)23-9-7-8-16-45-23)40(22)18-24(42)35-21-11-10-20(17-19(21)2)31(32,33)34/h9-11,17H,6-8,12-16,18H2,1-5H3,(H,35,42). The maximum absolute atomic E-state index is 14.0. The van der Waals surface area contributed by atoms with Gasteiger partial charge in [-0.25, -0.2) is 4.79 Å². The van der Waals surface area contributed by atoms with Crippen LogP contribution in [-0.2, 0) is 33.4 Å². The van der Waals surface area contributed by atoms with Crippen LogP contribution in [0.15, 0.2) is 29.1 Å². The number of carbonyl (C=O) groups is 2. The van der Waals surface area contributed by atoms with E-state index in [-0.39, 0.29) is 29.4 Å². The topological polar surface area (TPSA) is 123 Å². The lowest BCUT2D eigenvalue weighted by atomic mass is 10.1. The molecule has 0 unspecified atom stereocenters. The van der Waals surface area contributed by atoms with E-state index >= 15 is 0 Å². The third-order valence-electron chi connectivity index (χ3n) is 7.69. The van der Waals surface area contributed by atoms with E-state index in [1.165, 1.54) is 13.0 Å². The number of amides is 2. The number of fused-ring (bicyclic) bond motifs is 1. The normalized spacial score (nSPS) is 15.9. The van der Waals surface area contributed by atoms with Crippen molar-refractivity contribution in [2.45, 2.75) is 72.2 Å². The summed E-state index contributed by atoms with van der Waals surface area (Å²) in [7, 11) is 0. The van der Waals surface area contributed by atoms with Crippen LogP contribution in [0.3, 0.4) is 0 Å². The van der Waals surface area contributed by atoms with Crippen LogP contribution in [0, 0.1) is 6.92 Å². The van der Waals surface area contributed by atoms with E-state index < -0.39 is 34.9 Å². The molecule has 1 N–H and O–H groups in total. The number of hydrogen-bond donors (Lipinski definition) is 1. The number of ether oxygens (including phenoxy) is 2. The zero-order valence-electron chi connectivity index (χ0n) is 26.5. The minimum atomic E-state index is -4.51. The SMILES string of the molecule is CCc1c(N2CCN(C(=O)OC(C)(C)C)CC2)c(=O)n2nc(C3=CCCCO3)nc2n1CC(=O)Nc1ccc(C(F)(F)F)cc1C. The van der Waals surface area contributed by atoms with Gasteiger partial charge in [-0.15, -0.1) is 5.10 Å². The van der Waals surface area contributed by atoms with Crippen LogP contribution in [0.1, 0.15) is 63.2 Å². The van der Waals surface area contributed by atoms with Gasteiger partial charge in [0.05, 0.1) is 17.9 Å². The van der Waals surface area contributed by atoms with E-state index in [9.17, 15) is 27.6 Å². The highest BCUT2D eigenvalue weighted by molar-refractivity contribution is 5.91. The number of rotatable bonds is 6. The predicted molar refractivity (Wildman–Crippen MR) is 165 cm³/mol. The lowest BCUT2D eigenvalue weighted by Crippen LogP contribution is -2.51. The highest BCUT2D eigenvalue weighted by Gasteiger charge is 2.32. The average Bonchev–Trinajstić information content (AvgIpc) is 3.45. The lowest BCUT2D eigenvalue weighted by molar-refractivity contribution is -0.137. The van der Waals surface area contributed by atoms with E-state index in [1.807, 2.05) is 17.9 Å². The number of anilines is 2. The molecule has 46 heavy (non-hydrogen) atoms. The molecule has 0 spiro atoms. The fraction of sp³-hybridized carbons (Fsp3) is 0.516. The van der Waals surface area contributed by atoms with Crippen LogP contribution in [0.25, 0.3) is 11.5 Å². The van der Waals surface area contributed by atoms with Crippen LogP contribution in [0.5, 0.6) is 0 Å². The number of benzene rings is 1. The number of halogens is 3. The molecule has 1 aromatic carbocycles. The summed E-state index contributed by atoms with van der Waals surface area (Å²) in [5.41, 5.74) is -0.557. The molecule has 0 bridgehead atoms. The van der Waals surface area contributed by atoms with Crippen LogP contribution < -0.4 is 15.8 Å². The first-order valence-corrected chi connectivity index (χ1v) is 15.2. The highest BCUT2D eigenvalue weighted by atomic mass is 19.4. The lowest BCUT2D eigenvalue weighted by Gasteiger charge is -2.37. The number of nitrogens with zero attached hydrogens (tertiary/aromatic N) is 6. The molecule has 0 saturated carbocycles. The Hall–Kier alpha value is -4.56. The predicted octanol–water partition coefficient (Wildman–Crippen LogP) is 4.63. The first-order valence-electron chi connectivity index (χ1n) is 15.2. The van der Waals surface area contributed by atoms with E-state index in [2.05, 4.69) is 15.4 Å². The van der Waals surface area contributed by atoms with Gasteiger partial charge in [0.25, 0.3) is 5.56 Å². The maximum atomic E-state index is 14.0. The zero-order valence-corrected chi connectivity index (χ0v) is 26.5. The molecule has 15 heteroatoms. The Morgan fingerprint density at radius 1 is 1.11 bits per heavy atom. The molecular weight excluding hydrogens is 607 g/mol. The number of carbonyl (C=O) groups excluding carboxylic acids is 2. The molecule has 5 rings (SSSR count). The van der Waals surface area contributed by atoms with Gasteiger partial charge in [-0.2, -0.15) is 22.7 Å². The molecule has 12 nitrogen and oxygen atoms in total. The monoisotopic (exact) mass is 645 g/mol. The summed E-state index contributed by atoms with van der Waals surface area (Å²) in [6.45, 7) is 10.2. The van der Waals surface area contributed by atoms with Crippen LogP contribution in [-0.4, -0.2) is 74.5 Å². The van der Waals surface area contributed by atoms with Crippen molar-refractivity contribution < 1.29 is 32.2 Å². The zero-order chi connectivity index (χ0) is 33.4. The van der Waals surface area contributed by atoms with Crippen molar-refractivity contribution in [2.75, 3.05) is 43.0 Å². The number of aromatic nitrogens is 4. The molecule has 2 aromatic heterocycles. The molecule has 2 aliphatic heterocycles. The smallest absolute Gasteiger partial charge is 0.416 e. The summed E-state index contributed by atoms with van der Waals surface area (Å²) in [6.07, 6.45) is -1.15. The molecule has 3 aromatic rings. The number of nitrogens with one attached hydrogen (secondary N) is 1. The minimum Gasteiger partial charge on any atom is -0.490 e. The van der Waals surface area contributed by atoms with Gasteiger partial charge in [0.2, 0.25) is 17.5 Å². The van der Waals surface area contributed by atoms with Gasteiger partial charge in [-0.3, -0.25) is 9.59 Å². The average molecular weight is 646 g/mol. The Morgan fingerprint density at radius 2 is 1.83 bits per heavy atom. The summed E-state index contributed by atoms with van der Waals surface area (Å²) in [4.78, 5) is 48.2. The van der Waals surface area contributed by atoms with Crippen molar-refractivity contribution in [2.24, 2.45) is 0 Å². The van der Waals surface area contributed by atoms with E-state index in [0.29, 0.717) is 56.3 Å². The molecule has 0 radical (unpaired) electrons. The Morgan fingerprint density at radius 3 is 2.41 bits per heavy atom. The van der Waals surface area contributed by atoms with E-state index in [0.717, 1.165) is 29.5 Å². The van der Waals surface area contributed by atoms with E-state index in [1.54, 1.807) is 30.2 Å². The maximum Gasteiger partial charge on any atom is 0.416 e. The molecular formula is C31H38F3N7O5. The summed E-state index contributed by atoms with van der Waals surface area (Å²) in [5, 5.41) is 7.18. The van der Waals surface area contributed by atoms with Crippen LogP contribution >= 0.6 is 0 Å². The number of piperazine rings is 1. The summed E-state index contributed by atoms with van der Waals surface area (Å²) >= 11 is 0. The van der Waals surface area contributed by atoms with Crippen molar-refractivity contribution in [3.8, 4) is 0 Å². The third-order valence-corrected chi connectivity index (χ3v) is 7.69. The van der Waals surface area contributed by atoms with E-state index in [4.69, 9.17) is 9.47 Å². The quantitative estimate of drug-likeness (QED) is 0.412. The molecule has 2 aliphatic rings. The van der Waals surface area contributed by atoms with Gasteiger partial charge in [0.15, 0.2) is 5.76 Å². The number of aryl methyl sites for hydroxylation is 1. The van der Waals surface area contributed by atoms with Crippen molar-refractivity contribution in [1.29, 1.82) is 0 Å². The molecule has 2 amide bonds. The number of allylic oxidation sites excluding steroid dienone is 1. The first kappa shape index (κ1) is 32.8. The second-order valence-electron chi connectivity index (χ2n) is 12.3. The van der Waals surface area contributed by atoms with Gasteiger partial charge in [-0.05, 0) is 76.8 Å². The molecule has 1 saturated heterocycles. The highest BCUT2D eigenvalue weighted by Crippen LogP contribution is 2.32. The molecule has 0 atom stereocenters. The molecule has 4 heterocycles. The Kier molecular flexibility index (Phi) is 9.05. The summed E-state index contributed by atoms with van der Waals surface area (Å²) in [6, 6.07) is 3.10. The second kappa shape index (κ2) is 12.7. The van der Waals surface area contributed by atoms with Crippen LogP contribution in [0.4, 0.5) is 29.3 Å². The Bertz CT molecular complexity index is 1730. The van der Waals surface area contributed by atoms with Crippen LogP contribution in [0.2, 0.25) is 0 Å². The first-order chi connectivity index (χ1) is 21.7. The fourth-order valence-electron chi connectivity index (χ4n) is 5.50.